The molecule has 0 radical (unpaired) electrons. The van der Waals surface area contributed by atoms with Crippen LogP contribution in [0.4, 0.5) is 0 Å². The lowest BCUT2D eigenvalue weighted by atomic mass is 10.1. The lowest BCUT2D eigenvalue weighted by molar-refractivity contribution is -0.139. The van der Waals surface area contributed by atoms with E-state index in [0.29, 0.717) is 15.9 Å². The van der Waals surface area contributed by atoms with Crippen molar-refractivity contribution in [3.05, 3.63) is 27.7 Å². The van der Waals surface area contributed by atoms with Crippen molar-refractivity contribution in [2.75, 3.05) is 0 Å². The lowest BCUT2D eigenvalue weighted by Gasteiger charge is -2.14. The van der Waals surface area contributed by atoms with E-state index in [4.69, 9.17) is 16.7 Å². The highest BCUT2D eigenvalue weighted by molar-refractivity contribution is 9.10. The molecule has 0 aliphatic rings. The van der Waals surface area contributed by atoms with Crippen LogP contribution in [0.3, 0.4) is 0 Å². The second kappa shape index (κ2) is 7.40. The number of carboxylic acid groups (broad SMARTS) is 1. The zero-order valence-corrected chi connectivity index (χ0v) is 13.9. The fourth-order valence-electron chi connectivity index (χ4n) is 1.54. The van der Waals surface area contributed by atoms with E-state index in [-0.39, 0.29) is 11.3 Å². The molecular formula is C12H15BrClNO4S. The van der Waals surface area contributed by atoms with Gasteiger partial charge in [0.1, 0.15) is 6.04 Å². The minimum Gasteiger partial charge on any atom is -0.480 e. The number of rotatable bonds is 7. The van der Waals surface area contributed by atoms with Crippen LogP contribution in [0.15, 0.2) is 27.6 Å². The van der Waals surface area contributed by atoms with Gasteiger partial charge in [0.05, 0.1) is 9.92 Å². The highest BCUT2D eigenvalue weighted by Gasteiger charge is 2.25. The molecule has 2 N–H and O–H groups in total. The molecule has 0 bridgehead atoms. The van der Waals surface area contributed by atoms with E-state index >= 15 is 0 Å². The van der Waals surface area contributed by atoms with Gasteiger partial charge in [-0.15, -0.1) is 0 Å². The first-order valence-corrected chi connectivity index (χ1v) is 8.63. The number of aliphatic carboxylic acids is 1. The van der Waals surface area contributed by atoms with Crippen molar-refractivity contribution in [2.45, 2.75) is 37.1 Å². The van der Waals surface area contributed by atoms with Crippen LogP contribution in [0.25, 0.3) is 0 Å². The normalized spacial score (nSPS) is 13.2. The number of unbranched alkanes of at least 4 members (excludes halogenated alkanes) is 1. The Hall–Kier alpha value is -0.630. The number of carbonyl (C=O) groups is 1. The molecule has 1 rings (SSSR count). The summed E-state index contributed by atoms with van der Waals surface area (Å²) in [5.41, 5.74) is 0. The van der Waals surface area contributed by atoms with Crippen LogP contribution in [0, 0.1) is 0 Å². The summed E-state index contributed by atoms with van der Waals surface area (Å²) in [5, 5.41) is 9.43. The van der Waals surface area contributed by atoms with E-state index in [9.17, 15) is 13.2 Å². The highest BCUT2D eigenvalue weighted by Crippen LogP contribution is 2.25. The minimum absolute atomic E-state index is 0.0310. The Balaban J connectivity index is 2.97. The van der Waals surface area contributed by atoms with Gasteiger partial charge in [-0.1, -0.05) is 31.4 Å². The van der Waals surface area contributed by atoms with Gasteiger partial charge in [-0.2, -0.15) is 4.72 Å². The summed E-state index contributed by atoms with van der Waals surface area (Å²) in [6, 6.07) is 2.97. The van der Waals surface area contributed by atoms with Gasteiger partial charge in [0.2, 0.25) is 10.0 Å². The summed E-state index contributed by atoms with van der Waals surface area (Å²) < 4.78 is 26.9. The number of nitrogens with one attached hydrogen (secondary N) is 1. The van der Waals surface area contributed by atoms with Crippen LogP contribution in [0.5, 0.6) is 0 Å². The third-order valence-corrected chi connectivity index (χ3v) is 5.33. The highest BCUT2D eigenvalue weighted by atomic mass is 79.9. The Morgan fingerprint density at radius 3 is 2.65 bits per heavy atom. The molecule has 1 atom stereocenters. The van der Waals surface area contributed by atoms with E-state index in [1.165, 1.54) is 18.2 Å². The van der Waals surface area contributed by atoms with Gasteiger partial charge in [-0.25, -0.2) is 8.42 Å². The standard InChI is InChI=1S/C12H15BrClNO4S/c1-2-3-4-11(12(16)17)15-20(18,19)8-5-6-10(14)9(13)7-8/h5-7,11,15H,2-4H2,1H3,(H,16,17). The molecule has 0 fully saturated rings. The number of halogens is 2. The van der Waals surface area contributed by atoms with Crippen LogP contribution < -0.4 is 4.72 Å². The molecule has 1 aromatic rings. The molecule has 5 nitrogen and oxygen atoms in total. The second-order valence-electron chi connectivity index (χ2n) is 4.23. The Morgan fingerprint density at radius 1 is 1.50 bits per heavy atom. The van der Waals surface area contributed by atoms with Crippen molar-refractivity contribution in [1.82, 2.24) is 4.72 Å². The van der Waals surface area contributed by atoms with Crippen molar-refractivity contribution in [2.24, 2.45) is 0 Å². The fraction of sp³-hybridized carbons (Fsp3) is 0.417. The molecule has 0 aliphatic heterocycles. The van der Waals surface area contributed by atoms with Crippen LogP contribution >= 0.6 is 27.5 Å². The number of hydrogen-bond acceptors (Lipinski definition) is 3. The van der Waals surface area contributed by atoms with E-state index < -0.39 is 22.0 Å². The Labute approximate surface area is 131 Å². The summed E-state index contributed by atoms with van der Waals surface area (Å²) >= 11 is 8.93. The zero-order valence-electron chi connectivity index (χ0n) is 10.8. The molecule has 20 heavy (non-hydrogen) atoms. The Kier molecular flexibility index (Phi) is 6.44. The number of sulfonamides is 1. The van der Waals surface area contributed by atoms with Crippen LogP contribution in [0.2, 0.25) is 5.02 Å². The maximum atomic E-state index is 12.1. The molecule has 1 unspecified atom stereocenters. The SMILES string of the molecule is CCCCC(NS(=O)(=O)c1ccc(Cl)c(Br)c1)C(=O)O. The molecule has 112 valence electrons. The van der Waals surface area contributed by atoms with Crippen molar-refractivity contribution in [1.29, 1.82) is 0 Å². The van der Waals surface area contributed by atoms with Crippen LogP contribution in [-0.2, 0) is 14.8 Å². The summed E-state index contributed by atoms with van der Waals surface area (Å²) in [6.07, 6.45) is 1.67. The number of benzene rings is 1. The number of carboxylic acids is 1. The van der Waals surface area contributed by atoms with Gasteiger partial charge in [0.25, 0.3) is 0 Å². The third-order valence-electron chi connectivity index (χ3n) is 2.64. The summed E-state index contributed by atoms with van der Waals surface area (Å²) in [6.45, 7) is 1.91. The average Bonchev–Trinajstić information content (AvgIpc) is 2.37. The number of hydrogen-bond donors (Lipinski definition) is 2. The predicted octanol–water partition coefficient (Wildman–Crippen LogP) is 3.02. The topological polar surface area (TPSA) is 83.5 Å². The van der Waals surface area contributed by atoms with Gasteiger partial charge in [-0.05, 0) is 40.5 Å². The van der Waals surface area contributed by atoms with E-state index in [0.717, 1.165) is 6.42 Å². The molecule has 0 spiro atoms. The molecule has 0 aromatic heterocycles. The van der Waals surface area contributed by atoms with E-state index in [1.54, 1.807) is 0 Å². The maximum Gasteiger partial charge on any atom is 0.321 e. The monoisotopic (exact) mass is 383 g/mol. The maximum absolute atomic E-state index is 12.1. The molecule has 0 saturated carbocycles. The van der Waals surface area contributed by atoms with Gasteiger partial charge in [0, 0.05) is 4.47 Å². The molecule has 1 aromatic carbocycles. The first-order chi connectivity index (χ1) is 9.27. The van der Waals surface area contributed by atoms with Gasteiger partial charge >= 0.3 is 5.97 Å². The smallest absolute Gasteiger partial charge is 0.321 e. The van der Waals surface area contributed by atoms with Crippen molar-refractivity contribution < 1.29 is 18.3 Å². The molecule has 0 heterocycles. The molecule has 8 heteroatoms. The largest absolute Gasteiger partial charge is 0.480 e. The summed E-state index contributed by atoms with van der Waals surface area (Å²) in [5.74, 6) is -1.19. The Bertz CT molecular complexity index is 591. The van der Waals surface area contributed by atoms with Crippen LogP contribution in [-0.4, -0.2) is 25.5 Å². The van der Waals surface area contributed by atoms with Crippen LogP contribution in [0.1, 0.15) is 26.2 Å². The van der Waals surface area contributed by atoms with E-state index in [1.807, 2.05) is 6.92 Å². The Morgan fingerprint density at radius 2 is 2.15 bits per heavy atom. The minimum atomic E-state index is -3.89. The zero-order chi connectivity index (χ0) is 15.3. The molecular weight excluding hydrogens is 370 g/mol. The fourth-order valence-corrected chi connectivity index (χ4v) is 3.44. The lowest BCUT2D eigenvalue weighted by Crippen LogP contribution is -2.40. The summed E-state index contributed by atoms with van der Waals surface area (Å²) in [4.78, 5) is 11.0. The van der Waals surface area contributed by atoms with Crippen molar-refractivity contribution in [3.8, 4) is 0 Å². The first kappa shape index (κ1) is 17.4. The van der Waals surface area contributed by atoms with Gasteiger partial charge < -0.3 is 5.11 Å². The van der Waals surface area contributed by atoms with E-state index in [2.05, 4.69) is 20.7 Å². The molecule has 0 amide bonds. The van der Waals surface area contributed by atoms with Crippen molar-refractivity contribution >= 4 is 43.5 Å². The van der Waals surface area contributed by atoms with Gasteiger partial charge in [-0.3, -0.25) is 4.79 Å². The molecule has 0 aliphatic carbocycles. The first-order valence-electron chi connectivity index (χ1n) is 5.98. The average molecular weight is 385 g/mol. The summed E-state index contributed by atoms with van der Waals surface area (Å²) in [7, 11) is -3.89. The predicted molar refractivity (Wildman–Crippen MR) is 80.4 cm³/mol. The second-order valence-corrected chi connectivity index (χ2v) is 7.21. The molecule has 0 saturated heterocycles. The quantitative estimate of drug-likeness (QED) is 0.757. The van der Waals surface area contributed by atoms with Crippen molar-refractivity contribution in [3.63, 3.8) is 0 Å². The van der Waals surface area contributed by atoms with Gasteiger partial charge in [0.15, 0.2) is 0 Å². The third kappa shape index (κ3) is 4.73.